The van der Waals surface area contributed by atoms with Gasteiger partial charge < -0.3 is 9.80 Å². The number of hydrogen-bond acceptors (Lipinski definition) is 3. The van der Waals surface area contributed by atoms with Crippen LogP contribution in [0.1, 0.15) is 57.8 Å². The molecule has 0 N–H and O–H groups in total. The standard InChI is InChI=1S/C17H29N3O/c1-19(12-5-11-18)16(21)6-13-20-14-9-17(10-15-20)7-3-2-4-8-17/h2-10,12-15H2,1H3. The van der Waals surface area contributed by atoms with Crippen LogP contribution in [0.4, 0.5) is 0 Å². The zero-order valence-electron chi connectivity index (χ0n) is 13.4. The number of hydrogen-bond donors (Lipinski definition) is 0. The van der Waals surface area contributed by atoms with Gasteiger partial charge in [0, 0.05) is 26.6 Å². The van der Waals surface area contributed by atoms with E-state index in [2.05, 4.69) is 11.0 Å². The molecule has 0 aromatic carbocycles. The summed E-state index contributed by atoms with van der Waals surface area (Å²) in [6.07, 6.45) is 10.8. The predicted octanol–water partition coefficient (Wildman–Crippen LogP) is 2.79. The Balaban J connectivity index is 1.67. The Morgan fingerprint density at radius 3 is 2.48 bits per heavy atom. The first kappa shape index (κ1) is 16.3. The fraction of sp³-hybridized carbons (Fsp3) is 0.882. The van der Waals surface area contributed by atoms with Crippen LogP contribution in [0.5, 0.6) is 0 Å². The molecule has 118 valence electrons. The Bertz CT molecular complexity index is 372. The van der Waals surface area contributed by atoms with E-state index in [1.54, 1.807) is 11.9 Å². The molecule has 1 spiro atoms. The van der Waals surface area contributed by atoms with Gasteiger partial charge in [-0.25, -0.2) is 0 Å². The normalized spacial score (nSPS) is 21.9. The number of rotatable bonds is 5. The lowest BCUT2D eigenvalue weighted by Crippen LogP contribution is -2.42. The van der Waals surface area contributed by atoms with Gasteiger partial charge in [-0.3, -0.25) is 4.79 Å². The first-order valence-electron chi connectivity index (χ1n) is 8.48. The van der Waals surface area contributed by atoms with Crippen LogP contribution in [-0.2, 0) is 4.79 Å². The largest absolute Gasteiger partial charge is 0.345 e. The van der Waals surface area contributed by atoms with Gasteiger partial charge in [0.2, 0.25) is 5.91 Å². The zero-order valence-corrected chi connectivity index (χ0v) is 13.4. The number of likely N-dealkylation sites (tertiary alicyclic amines) is 1. The third-order valence-corrected chi connectivity index (χ3v) is 5.46. The quantitative estimate of drug-likeness (QED) is 0.782. The maximum Gasteiger partial charge on any atom is 0.223 e. The van der Waals surface area contributed by atoms with Crippen LogP contribution in [0.25, 0.3) is 0 Å². The van der Waals surface area contributed by atoms with Crippen LogP contribution in [0.2, 0.25) is 0 Å². The smallest absolute Gasteiger partial charge is 0.223 e. The molecule has 1 amide bonds. The molecule has 2 rings (SSSR count). The van der Waals surface area contributed by atoms with Crippen LogP contribution in [0.3, 0.4) is 0 Å². The van der Waals surface area contributed by atoms with Gasteiger partial charge in [-0.05, 0) is 44.2 Å². The van der Waals surface area contributed by atoms with Gasteiger partial charge in [0.25, 0.3) is 0 Å². The molecular formula is C17H29N3O. The van der Waals surface area contributed by atoms with Crippen molar-refractivity contribution in [3.8, 4) is 6.07 Å². The van der Waals surface area contributed by atoms with E-state index >= 15 is 0 Å². The lowest BCUT2D eigenvalue weighted by molar-refractivity contribution is -0.130. The molecule has 0 radical (unpaired) electrons. The van der Waals surface area contributed by atoms with Gasteiger partial charge >= 0.3 is 0 Å². The fourth-order valence-corrected chi connectivity index (χ4v) is 3.84. The minimum atomic E-state index is 0.170. The summed E-state index contributed by atoms with van der Waals surface area (Å²) in [6.45, 7) is 3.76. The topological polar surface area (TPSA) is 47.3 Å². The number of nitriles is 1. The highest BCUT2D eigenvalue weighted by molar-refractivity contribution is 5.76. The predicted molar refractivity (Wildman–Crippen MR) is 83.7 cm³/mol. The third-order valence-electron chi connectivity index (χ3n) is 5.46. The van der Waals surface area contributed by atoms with Gasteiger partial charge in [0.05, 0.1) is 12.5 Å². The highest BCUT2D eigenvalue weighted by atomic mass is 16.2. The van der Waals surface area contributed by atoms with Crippen molar-refractivity contribution in [3.05, 3.63) is 0 Å². The van der Waals surface area contributed by atoms with Gasteiger partial charge in [0.15, 0.2) is 0 Å². The van der Waals surface area contributed by atoms with Gasteiger partial charge in [-0.1, -0.05) is 19.3 Å². The van der Waals surface area contributed by atoms with Crippen molar-refractivity contribution >= 4 is 5.91 Å². The summed E-state index contributed by atoms with van der Waals surface area (Å²) in [5.74, 6) is 0.170. The summed E-state index contributed by atoms with van der Waals surface area (Å²) in [5, 5.41) is 8.56. The maximum atomic E-state index is 12.0. The Morgan fingerprint density at radius 1 is 1.19 bits per heavy atom. The van der Waals surface area contributed by atoms with Crippen molar-refractivity contribution in [2.45, 2.75) is 57.8 Å². The Labute approximate surface area is 129 Å². The first-order chi connectivity index (χ1) is 10.2. The lowest BCUT2D eigenvalue weighted by Gasteiger charge is -2.44. The molecular weight excluding hydrogens is 262 g/mol. The van der Waals surface area contributed by atoms with E-state index in [1.165, 1.54) is 44.9 Å². The SMILES string of the molecule is CN(CCC#N)C(=O)CCN1CCC2(CCCCC2)CC1. The molecule has 1 aliphatic heterocycles. The van der Waals surface area contributed by atoms with E-state index in [-0.39, 0.29) is 5.91 Å². The molecule has 0 aromatic heterocycles. The van der Waals surface area contributed by atoms with E-state index < -0.39 is 0 Å². The second-order valence-electron chi connectivity index (χ2n) is 6.88. The van der Waals surface area contributed by atoms with E-state index in [0.29, 0.717) is 24.8 Å². The van der Waals surface area contributed by atoms with Crippen LogP contribution in [-0.4, -0.2) is 48.9 Å². The molecule has 4 heteroatoms. The summed E-state index contributed by atoms with van der Waals surface area (Å²) in [7, 11) is 1.80. The Morgan fingerprint density at radius 2 is 1.86 bits per heavy atom. The number of amides is 1. The number of carbonyl (C=O) groups is 1. The minimum absolute atomic E-state index is 0.170. The number of nitrogens with zero attached hydrogens (tertiary/aromatic N) is 3. The molecule has 0 atom stereocenters. The van der Waals surface area contributed by atoms with Gasteiger partial charge in [-0.2, -0.15) is 5.26 Å². The van der Waals surface area contributed by atoms with E-state index in [1.807, 2.05) is 0 Å². The first-order valence-corrected chi connectivity index (χ1v) is 8.48. The van der Waals surface area contributed by atoms with Crippen molar-refractivity contribution in [1.29, 1.82) is 5.26 Å². The molecule has 1 saturated heterocycles. The van der Waals surface area contributed by atoms with E-state index in [4.69, 9.17) is 5.26 Å². The molecule has 4 nitrogen and oxygen atoms in total. The molecule has 21 heavy (non-hydrogen) atoms. The molecule has 0 unspecified atom stereocenters. The summed E-state index contributed by atoms with van der Waals surface area (Å²) in [4.78, 5) is 16.1. The van der Waals surface area contributed by atoms with Crippen LogP contribution < -0.4 is 0 Å². The summed E-state index contributed by atoms with van der Waals surface area (Å²) in [6, 6.07) is 2.09. The molecule has 1 aliphatic carbocycles. The fourth-order valence-electron chi connectivity index (χ4n) is 3.84. The zero-order chi connectivity index (χ0) is 15.1. The number of piperidine rings is 1. The highest BCUT2D eigenvalue weighted by Crippen LogP contribution is 2.44. The van der Waals surface area contributed by atoms with Crippen molar-refractivity contribution in [2.75, 3.05) is 33.2 Å². The molecule has 0 bridgehead atoms. The molecule has 1 saturated carbocycles. The molecule has 2 aliphatic rings. The third kappa shape index (κ3) is 4.71. The average molecular weight is 291 g/mol. The highest BCUT2D eigenvalue weighted by Gasteiger charge is 2.35. The van der Waals surface area contributed by atoms with Gasteiger partial charge in [-0.15, -0.1) is 0 Å². The van der Waals surface area contributed by atoms with Crippen LogP contribution >= 0.6 is 0 Å². The Kier molecular flexibility index (Phi) is 6.05. The van der Waals surface area contributed by atoms with Crippen molar-refractivity contribution in [2.24, 2.45) is 5.41 Å². The molecule has 2 fully saturated rings. The van der Waals surface area contributed by atoms with E-state index in [9.17, 15) is 4.79 Å². The lowest BCUT2D eigenvalue weighted by atomic mass is 9.68. The molecule has 0 aromatic rings. The number of carbonyl (C=O) groups excluding carboxylic acids is 1. The summed E-state index contributed by atoms with van der Waals surface area (Å²) >= 11 is 0. The summed E-state index contributed by atoms with van der Waals surface area (Å²) in [5.41, 5.74) is 0.641. The second kappa shape index (κ2) is 7.79. The Hall–Kier alpha value is -1.08. The van der Waals surface area contributed by atoms with Crippen molar-refractivity contribution < 1.29 is 4.79 Å². The molecule has 1 heterocycles. The van der Waals surface area contributed by atoms with Crippen LogP contribution in [0, 0.1) is 16.7 Å². The van der Waals surface area contributed by atoms with Crippen molar-refractivity contribution in [1.82, 2.24) is 9.80 Å². The monoisotopic (exact) mass is 291 g/mol. The van der Waals surface area contributed by atoms with Crippen LogP contribution in [0.15, 0.2) is 0 Å². The summed E-state index contributed by atoms with van der Waals surface area (Å²) < 4.78 is 0. The van der Waals surface area contributed by atoms with Gasteiger partial charge in [0.1, 0.15) is 0 Å². The van der Waals surface area contributed by atoms with Crippen molar-refractivity contribution in [3.63, 3.8) is 0 Å². The maximum absolute atomic E-state index is 12.0. The second-order valence-corrected chi connectivity index (χ2v) is 6.88. The average Bonchev–Trinajstić information content (AvgIpc) is 2.52. The van der Waals surface area contributed by atoms with E-state index in [0.717, 1.165) is 19.6 Å². The minimum Gasteiger partial charge on any atom is -0.345 e.